The van der Waals surface area contributed by atoms with Crippen LogP contribution >= 0.6 is 0 Å². The van der Waals surface area contributed by atoms with Crippen molar-refractivity contribution in [3.63, 3.8) is 0 Å². The molecule has 0 atom stereocenters. The van der Waals surface area contributed by atoms with Gasteiger partial charge in [-0.05, 0) is 18.6 Å². The topological polar surface area (TPSA) is 55.2 Å². The van der Waals surface area contributed by atoms with Gasteiger partial charge in [0, 0.05) is 25.9 Å². The van der Waals surface area contributed by atoms with Crippen molar-refractivity contribution in [2.24, 2.45) is 0 Å². The van der Waals surface area contributed by atoms with Crippen molar-refractivity contribution in [1.82, 2.24) is 14.5 Å². The zero-order valence-corrected chi connectivity index (χ0v) is 12.2. The Balaban J connectivity index is 2.66. The molecule has 0 saturated heterocycles. The first kappa shape index (κ1) is 16.0. The predicted molar refractivity (Wildman–Crippen MR) is 72.7 cm³/mol. The summed E-state index contributed by atoms with van der Waals surface area (Å²) in [5.74, 6) is -0.323. The monoisotopic (exact) mass is 313 g/mol. The van der Waals surface area contributed by atoms with Gasteiger partial charge in [-0.2, -0.15) is 13.2 Å². The summed E-state index contributed by atoms with van der Waals surface area (Å²) >= 11 is 0. The average molecular weight is 313 g/mol. The first-order chi connectivity index (χ1) is 10.1. The highest BCUT2D eigenvalue weighted by atomic mass is 19.4. The number of nitrogens with zero attached hydrogens (tertiary/aromatic N) is 3. The summed E-state index contributed by atoms with van der Waals surface area (Å²) in [6.07, 6.45) is -3.05. The maximum atomic E-state index is 13.0. The molecule has 0 aromatic heterocycles. The minimum Gasteiger partial charge on any atom is -0.347 e. The van der Waals surface area contributed by atoms with E-state index in [1.165, 1.54) is 21.7 Å². The number of hydrogen-bond acceptors (Lipinski definition) is 3. The molecule has 2 aliphatic heterocycles. The van der Waals surface area contributed by atoms with Gasteiger partial charge in [0.2, 0.25) is 5.91 Å². The second-order valence-corrected chi connectivity index (χ2v) is 5.16. The molecule has 0 fully saturated rings. The number of aryl methyl sites for hydroxylation is 1. The molecule has 0 aromatic rings. The van der Waals surface area contributed by atoms with Crippen molar-refractivity contribution in [3.8, 4) is 11.4 Å². The number of aromatic nitrogens is 2. The van der Waals surface area contributed by atoms with Crippen LogP contribution in [-0.4, -0.2) is 40.7 Å². The van der Waals surface area contributed by atoms with Crippen LogP contribution in [-0.2, 0) is 17.5 Å². The van der Waals surface area contributed by atoms with E-state index in [0.717, 1.165) is 0 Å². The molecule has 0 aliphatic carbocycles. The second-order valence-electron chi connectivity index (χ2n) is 5.16. The molecule has 0 bridgehead atoms. The first-order valence-corrected chi connectivity index (χ1v) is 6.38. The van der Waals surface area contributed by atoms with Crippen molar-refractivity contribution in [3.05, 3.63) is 29.1 Å². The Hall–Kier alpha value is -2.38. The summed E-state index contributed by atoms with van der Waals surface area (Å²) in [5.41, 5.74) is -1.01. The maximum absolute atomic E-state index is 13.0. The Morgan fingerprint density at radius 1 is 1.41 bits per heavy atom. The summed E-state index contributed by atoms with van der Waals surface area (Å²) in [6, 6.07) is 1.46. The Labute approximate surface area is 124 Å². The van der Waals surface area contributed by atoms with Crippen molar-refractivity contribution >= 4 is 12.2 Å². The molecule has 0 N–H and O–H groups in total. The summed E-state index contributed by atoms with van der Waals surface area (Å²) in [6.45, 7) is 1.52. The van der Waals surface area contributed by atoms with Crippen LogP contribution in [0.25, 0.3) is 11.4 Å². The summed E-state index contributed by atoms with van der Waals surface area (Å²) < 4.78 is 40.3. The van der Waals surface area contributed by atoms with Gasteiger partial charge in [0.1, 0.15) is 12.4 Å². The molecule has 8 heteroatoms. The number of rotatable bonds is 3. The van der Waals surface area contributed by atoms with Crippen LogP contribution in [0.15, 0.2) is 12.3 Å². The van der Waals surface area contributed by atoms with E-state index in [9.17, 15) is 22.8 Å². The molecule has 118 valence electrons. The van der Waals surface area contributed by atoms with E-state index in [4.69, 9.17) is 0 Å². The maximum Gasteiger partial charge on any atom is 0.434 e. The molecule has 0 saturated carbocycles. The van der Waals surface area contributed by atoms with Gasteiger partial charge >= 0.3 is 6.18 Å². The number of carbonyl (C=O) groups is 2. The Morgan fingerprint density at radius 3 is 2.55 bits per heavy atom. The predicted octanol–water partition coefficient (Wildman–Crippen LogP) is 2.22. The number of aldehydes is 1. The normalized spacial score (nSPS) is 11.7. The van der Waals surface area contributed by atoms with Gasteiger partial charge in [0.25, 0.3) is 0 Å². The van der Waals surface area contributed by atoms with Crippen LogP contribution in [0.1, 0.15) is 21.6 Å². The number of amides is 1. The highest BCUT2D eigenvalue weighted by Crippen LogP contribution is 2.37. The third kappa shape index (κ3) is 2.81. The van der Waals surface area contributed by atoms with E-state index < -0.39 is 17.4 Å². The van der Waals surface area contributed by atoms with E-state index >= 15 is 0 Å². The van der Waals surface area contributed by atoms with Gasteiger partial charge < -0.3 is 9.47 Å². The molecule has 1 amide bonds. The third-order valence-electron chi connectivity index (χ3n) is 3.20. The van der Waals surface area contributed by atoms with Gasteiger partial charge in [0.15, 0.2) is 12.0 Å². The van der Waals surface area contributed by atoms with Crippen LogP contribution in [0.4, 0.5) is 13.2 Å². The van der Waals surface area contributed by atoms with Crippen molar-refractivity contribution in [1.29, 1.82) is 0 Å². The number of fused-ring (bicyclic) bond motifs is 1. The molecule has 22 heavy (non-hydrogen) atoms. The van der Waals surface area contributed by atoms with Crippen LogP contribution in [0.2, 0.25) is 0 Å². The minimum absolute atomic E-state index is 0.0322. The fourth-order valence-corrected chi connectivity index (χ4v) is 2.15. The highest BCUT2D eigenvalue weighted by molar-refractivity contribution is 5.90. The quantitative estimate of drug-likeness (QED) is 0.817. The summed E-state index contributed by atoms with van der Waals surface area (Å²) in [7, 11) is 3.10. The van der Waals surface area contributed by atoms with E-state index in [1.54, 1.807) is 21.0 Å². The number of pyridine rings is 1. The van der Waals surface area contributed by atoms with Crippen LogP contribution in [0, 0.1) is 6.92 Å². The lowest BCUT2D eigenvalue weighted by Gasteiger charge is -2.16. The highest BCUT2D eigenvalue weighted by Gasteiger charge is 2.39. The molecular weight excluding hydrogens is 299 g/mol. The number of hydrogen-bond donors (Lipinski definition) is 0. The summed E-state index contributed by atoms with van der Waals surface area (Å²) in [5, 5.41) is 0. The van der Waals surface area contributed by atoms with Gasteiger partial charge in [-0.3, -0.25) is 9.59 Å². The van der Waals surface area contributed by atoms with Crippen LogP contribution in [0.5, 0.6) is 0 Å². The fraction of sp³-hybridized carbons (Fsp3) is 0.357. The van der Waals surface area contributed by atoms with E-state index in [1.807, 2.05) is 0 Å². The van der Waals surface area contributed by atoms with Gasteiger partial charge in [-0.1, -0.05) is 0 Å². The fourth-order valence-electron chi connectivity index (χ4n) is 2.15. The Bertz CT molecular complexity index is 704. The first-order valence-electron chi connectivity index (χ1n) is 6.38. The molecule has 5 nitrogen and oxygen atoms in total. The molecule has 2 heterocycles. The van der Waals surface area contributed by atoms with E-state index in [0.29, 0.717) is 5.56 Å². The molecular formula is C14H14F3N3O2. The van der Waals surface area contributed by atoms with Crippen molar-refractivity contribution in [2.75, 3.05) is 14.1 Å². The van der Waals surface area contributed by atoms with E-state index in [2.05, 4.69) is 4.98 Å². The lowest BCUT2D eigenvalue weighted by Crippen LogP contribution is -2.27. The van der Waals surface area contributed by atoms with Gasteiger partial charge in [-0.25, -0.2) is 4.98 Å². The molecule has 2 aliphatic rings. The zero-order chi connectivity index (χ0) is 16.7. The third-order valence-corrected chi connectivity index (χ3v) is 3.20. The molecule has 2 rings (SSSR count). The number of alkyl halides is 3. The SMILES string of the molecule is Cc1cc2c(C=O)c(C(F)(F)F)nc-2n(CC(=O)N(C)C)c1. The van der Waals surface area contributed by atoms with E-state index in [-0.39, 0.29) is 30.1 Å². The Morgan fingerprint density at radius 2 is 2.05 bits per heavy atom. The molecule has 0 aromatic carbocycles. The standard InChI is InChI=1S/C14H14F3N3O2/c1-8-4-9-10(7-21)12(14(15,16)17)18-13(9)20(5-8)6-11(22)19(2)3/h4-5,7H,6H2,1-3H3. The smallest absolute Gasteiger partial charge is 0.347 e. The lowest BCUT2D eigenvalue weighted by molar-refractivity contribution is -0.141. The Kier molecular flexibility index (Phi) is 3.95. The molecule has 0 radical (unpaired) electrons. The van der Waals surface area contributed by atoms with Crippen LogP contribution < -0.4 is 0 Å². The minimum atomic E-state index is -4.73. The zero-order valence-electron chi connectivity index (χ0n) is 12.2. The lowest BCUT2D eigenvalue weighted by atomic mass is 10.1. The summed E-state index contributed by atoms with van der Waals surface area (Å²) in [4.78, 5) is 27.8. The second kappa shape index (κ2) is 5.43. The van der Waals surface area contributed by atoms with Crippen molar-refractivity contribution < 1.29 is 22.8 Å². The largest absolute Gasteiger partial charge is 0.434 e. The number of likely N-dealkylation sites (N-methyl/N-ethyl adjacent to an activating group) is 1. The molecule has 0 unspecified atom stereocenters. The average Bonchev–Trinajstić information content (AvgIpc) is 2.76. The number of carbonyl (C=O) groups excluding carboxylic acids is 2. The van der Waals surface area contributed by atoms with Gasteiger partial charge in [-0.15, -0.1) is 0 Å². The van der Waals surface area contributed by atoms with Gasteiger partial charge in [0.05, 0.1) is 5.56 Å². The van der Waals surface area contributed by atoms with Crippen molar-refractivity contribution in [2.45, 2.75) is 19.6 Å². The number of halogens is 3. The molecule has 0 spiro atoms. The van der Waals surface area contributed by atoms with Crippen LogP contribution in [0.3, 0.4) is 0 Å².